The number of carbonyl (C=O) groups excluding carboxylic acids is 2. The van der Waals surface area contributed by atoms with Gasteiger partial charge in [-0.3, -0.25) is 9.69 Å². The predicted molar refractivity (Wildman–Crippen MR) is 134 cm³/mol. The Balaban J connectivity index is 1.41. The molecule has 6 rings (SSSR count). The Labute approximate surface area is 217 Å². The Bertz CT molecular complexity index is 1570. The molecule has 0 spiro atoms. The number of nitrogens with zero attached hydrogens (tertiary/aromatic N) is 5. The normalized spacial score (nSPS) is 15.4. The van der Waals surface area contributed by atoms with E-state index in [1.54, 1.807) is 36.4 Å². The van der Waals surface area contributed by atoms with Crippen LogP contribution in [0.1, 0.15) is 9.67 Å². The zero-order chi connectivity index (χ0) is 26.1. The van der Waals surface area contributed by atoms with Crippen molar-refractivity contribution in [2.24, 2.45) is 0 Å². The van der Waals surface area contributed by atoms with Gasteiger partial charge in [0.15, 0.2) is 0 Å². The van der Waals surface area contributed by atoms with Gasteiger partial charge in [0.2, 0.25) is 5.95 Å². The van der Waals surface area contributed by atoms with E-state index in [0.29, 0.717) is 26.7 Å². The van der Waals surface area contributed by atoms with Crippen LogP contribution in [-0.4, -0.2) is 47.9 Å². The number of hydrogen-bond acceptors (Lipinski definition) is 7. The van der Waals surface area contributed by atoms with Gasteiger partial charge in [0.25, 0.3) is 5.91 Å². The van der Waals surface area contributed by atoms with Crippen molar-refractivity contribution in [2.45, 2.75) is 12.7 Å². The molecule has 190 valence electrons. The molecule has 0 fully saturated rings. The Morgan fingerprint density at radius 3 is 2.59 bits per heavy atom. The number of alkyl halides is 3. The fourth-order valence-electron chi connectivity index (χ4n) is 4.43. The highest BCUT2D eigenvalue weighted by Gasteiger charge is 2.45. The van der Waals surface area contributed by atoms with E-state index >= 15 is 0 Å². The molecule has 0 saturated carbocycles. The summed E-state index contributed by atoms with van der Waals surface area (Å²) >= 11 is 7.06. The van der Waals surface area contributed by atoms with Crippen LogP contribution in [0.4, 0.5) is 30.5 Å². The van der Waals surface area contributed by atoms with E-state index in [1.807, 2.05) is 18.0 Å². The average molecular weight is 548 g/mol. The van der Waals surface area contributed by atoms with Crippen molar-refractivity contribution in [1.82, 2.24) is 9.55 Å². The largest absolute Gasteiger partial charge is 0.493 e. The zero-order valence-electron chi connectivity index (χ0n) is 19.1. The van der Waals surface area contributed by atoms with Crippen LogP contribution in [0.25, 0.3) is 21.5 Å². The number of anilines is 3. The maximum absolute atomic E-state index is 13.6. The second-order valence-electron chi connectivity index (χ2n) is 8.62. The number of hydrogen-bond donors (Lipinski definition) is 0. The number of imidazole rings is 1. The highest BCUT2D eigenvalue weighted by Crippen LogP contribution is 2.42. The number of aromatic nitrogens is 2. The summed E-state index contributed by atoms with van der Waals surface area (Å²) < 4.78 is 41.3. The topological polar surface area (TPSA) is 70.9 Å². The number of hydroxylamine groups is 1. The Morgan fingerprint density at radius 1 is 1.11 bits per heavy atom. The number of rotatable bonds is 3. The van der Waals surface area contributed by atoms with Gasteiger partial charge in [-0.15, -0.1) is 11.3 Å². The van der Waals surface area contributed by atoms with Gasteiger partial charge >= 0.3 is 12.1 Å². The van der Waals surface area contributed by atoms with Gasteiger partial charge in [0.05, 0.1) is 11.0 Å². The lowest BCUT2D eigenvalue weighted by Gasteiger charge is -2.34. The number of amides is 1. The van der Waals surface area contributed by atoms with Crippen molar-refractivity contribution in [3.8, 4) is 10.4 Å². The summed E-state index contributed by atoms with van der Waals surface area (Å²) in [4.78, 5) is 38.7. The van der Waals surface area contributed by atoms with Crippen LogP contribution < -0.4 is 14.9 Å². The smallest absolute Gasteiger partial charge is 0.343 e. The molecule has 0 bridgehead atoms. The highest BCUT2D eigenvalue weighted by atomic mass is 35.5. The van der Waals surface area contributed by atoms with E-state index in [0.717, 1.165) is 41.0 Å². The van der Waals surface area contributed by atoms with Crippen molar-refractivity contribution in [3.05, 3.63) is 58.4 Å². The molecule has 0 unspecified atom stereocenters. The molecule has 1 amide bonds. The van der Waals surface area contributed by atoms with Crippen molar-refractivity contribution in [2.75, 3.05) is 35.1 Å². The summed E-state index contributed by atoms with van der Waals surface area (Å²) in [5.41, 5.74) is 2.73. The Kier molecular flexibility index (Phi) is 5.35. The minimum Gasteiger partial charge on any atom is -0.343 e. The molecule has 4 aromatic rings. The first-order valence-electron chi connectivity index (χ1n) is 11.1. The van der Waals surface area contributed by atoms with E-state index in [-0.39, 0.29) is 10.6 Å². The van der Waals surface area contributed by atoms with E-state index in [9.17, 15) is 22.8 Å². The van der Waals surface area contributed by atoms with E-state index in [2.05, 4.69) is 9.55 Å². The summed E-state index contributed by atoms with van der Waals surface area (Å²) in [7, 11) is 1.93. The monoisotopic (exact) mass is 547 g/mol. The molecule has 0 atom stereocenters. The number of likely N-dealkylation sites (N-methyl/N-ethyl adjacent to an activating group) is 1. The highest BCUT2D eigenvalue weighted by molar-refractivity contribution is 7.18. The molecule has 0 N–H and O–H groups in total. The minimum atomic E-state index is -5.20. The molecule has 0 aliphatic carbocycles. The van der Waals surface area contributed by atoms with Gasteiger partial charge in [-0.2, -0.15) is 18.2 Å². The molecule has 2 aliphatic heterocycles. The van der Waals surface area contributed by atoms with Gasteiger partial charge < -0.3 is 14.3 Å². The number of benzene rings is 2. The lowest BCUT2D eigenvalue weighted by atomic mass is 10.1. The summed E-state index contributed by atoms with van der Waals surface area (Å²) in [5, 5.41) is 1.31. The third-order valence-electron chi connectivity index (χ3n) is 6.27. The van der Waals surface area contributed by atoms with Crippen LogP contribution in [0, 0.1) is 0 Å². The lowest BCUT2D eigenvalue weighted by Crippen LogP contribution is -2.48. The third-order valence-corrected chi connectivity index (χ3v) is 7.68. The fourth-order valence-corrected chi connectivity index (χ4v) is 5.66. The number of fused-ring (bicyclic) bond motifs is 4. The summed E-state index contributed by atoms with van der Waals surface area (Å²) in [6.07, 6.45) is -5.20. The molecule has 8 nitrogen and oxygen atoms in total. The van der Waals surface area contributed by atoms with Gasteiger partial charge in [-0.1, -0.05) is 23.7 Å². The quantitative estimate of drug-likeness (QED) is 0.346. The van der Waals surface area contributed by atoms with Crippen molar-refractivity contribution < 1.29 is 27.6 Å². The molecule has 2 aromatic carbocycles. The maximum atomic E-state index is 13.6. The zero-order valence-corrected chi connectivity index (χ0v) is 20.7. The van der Waals surface area contributed by atoms with Gasteiger partial charge in [-0.05, 0) is 42.0 Å². The van der Waals surface area contributed by atoms with E-state index < -0.39 is 24.7 Å². The molecular formula is C24H17ClF3N5O3S. The minimum absolute atomic E-state index is 0.0810. The van der Waals surface area contributed by atoms with Crippen LogP contribution in [0.3, 0.4) is 0 Å². The second kappa shape index (κ2) is 8.38. The molecule has 4 heterocycles. The summed E-state index contributed by atoms with van der Waals surface area (Å²) in [6, 6.07) is 13.6. The maximum Gasteiger partial charge on any atom is 0.493 e. The van der Waals surface area contributed by atoms with Crippen LogP contribution in [-0.2, 0) is 16.2 Å². The van der Waals surface area contributed by atoms with E-state index in [1.165, 1.54) is 11.0 Å². The van der Waals surface area contributed by atoms with Crippen LogP contribution in [0.15, 0.2) is 48.5 Å². The van der Waals surface area contributed by atoms with Crippen molar-refractivity contribution in [1.29, 1.82) is 0 Å². The SMILES string of the molecule is CN1CCn2c1nc1cc(N3CN(OC(=O)C(F)(F)F)c4cc(-c5ccc(Cl)cc5)sc4C3=O)ccc12. The average Bonchev–Trinajstić information content (AvgIpc) is 3.55. The van der Waals surface area contributed by atoms with E-state index in [4.69, 9.17) is 16.4 Å². The van der Waals surface area contributed by atoms with Crippen molar-refractivity contribution >= 4 is 63.2 Å². The van der Waals surface area contributed by atoms with Crippen LogP contribution in [0.2, 0.25) is 5.02 Å². The van der Waals surface area contributed by atoms with Gasteiger partial charge in [-0.25, -0.2) is 9.78 Å². The molecule has 13 heteroatoms. The van der Waals surface area contributed by atoms with Crippen molar-refractivity contribution in [3.63, 3.8) is 0 Å². The van der Waals surface area contributed by atoms with Gasteiger partial charge in [0.1, 0.15) is 17.2 Å². The van der Waals surface area contributed by atoms with Crippen LogP contribution >= 0.6 is 22.9 Å². The summed E-state index contributed by atoms with van der Waals surface area (Å²) in [5.74, 6) is -2.01. The first-order valence-corrected chi connectivity index (χ1v) is 12.3. The number of thiophene rings is 1. The first-order chi connectivity index (χ1) is 17.6. The number of carbonyl (C=O) groups is 2. The van der Waals surface area contributed by atoms with Gasteiger partial charge in [0, 0.05) is 35.7 Å². The molecule has 2 aromatic heterocycles. The van der Waals surface area contributed by atoms with Crippen LogP contribution in [0.5, 0.6) is 0 Å². The Morgan fingerprint density at radius 2 is 1.86 bits per heavy atom. The predicted octanol–water partition coefficient (Wildman–Crippen LogP) is 5.31. The standard InChI is InChI=1S/C24H17ClF3N5O3S/c1-30-8-9-31-17-7-6-15(10-16(17)29-23(30)31)32-12-33(36-22(35)24(26,27)28)18-11-19(37-20(18)21(32)34)13-2-4-14(25)5-3-13/h2-7,10-11H,8-9,12H2,1H3. The third kappa shape index (κ3) is 3.96. The summed E-state index contributed by atoms with van der Waals surface area (Å²) in [6.45, 7) is 1.18. The molecule has 37 heavy (non-hydrogen) atoms. The Hall–Kier alpha value is -3.77. The molecule has 0 radical (unpaired) electrons. The molecule has 0 saturated heterocycles. The number of halogens is 4. The molecular weight excluding hydrogens is 531 g/mol. The first kappa shape index (κ1) is 23.6. The fraction of sp³-hybridized carbons (Fsp3) is 0.208. The lowest BCUT2D eigenvalue weighted by molar-refractivity contribution is -0.201. The second-order valence-corrected chi connectivity index (χ2v) is 10.1. The molecule has 2 aliphatic rings.